The van der Waals surface area contributed by atoms with E-state index in [0.29, 0.717) is 26.2 Å². The van der Waals surface area contributed by atoms with Crippen LogP contribution in [0.25, 0.3) is 10.8 Å². The molecule has 0 radical (unpaired) electrons. The molecule has 2 N–H and O–H groups in total. The Morgan fingerprint density at radius 3 is 2.52 bits per heavy atom. The van der Waals surface area contributed by atoms with E-state index in [9.17, 15) is 8.42 Å². The fourth-order valence-electron chi connectivity index (χ4n) is 1.99. The van der Waals surface area contributed by atoms with Crippen LogP contribution in [-0.4, -0.2) is 41.8 Å². The number of hydrogen-bond donors (Lipinski definition) is 2. The van der Waals surface area contributed by atoms with E-state index in [4.69, 9.17) is 4.74 Å². The average Bonchev–Trinajstić information content (AvgIpc) is 2.50. The molecule has 2 rings (SSSR count). The summed E-state index contributed by atoms with van der Waals surface area (Å²) >= 11 is 0. The molecule has 0 atom stereocenters. The Kier molecular flexibility index (Phi) is 5.69. The Labute approximate surface area is 125 Å². The molecule has 0 amide bonds. The van der Waals surface area contributed by atoms with Crippen molar-refractivity contribution in [2.45, 2.75) is 4.90 Å². The minimum absolute atomic E-state index is 0.290. The zero-order chi connectivity index (χ0) is 15.1. The molecule has 0 aliphatic carbocycles. The van der Waals surface area contributed by atoms with Crippen LogP contribution in [0.2, 0.25) is 0 Å². The molecule has 0 fully saturated rings. The van der Waals surface area contributed by atoms with Crippen LogP contribution < -0.4 is 10.0 Å². The van der Waals surface area contributed by atoms with Gasteiger partial charge in [-0.1, -0.05) is 30.3 Å². The lowest BCUT2D eigenvalue weighted by atomic mass is 10.1. The lowest BCUT2D eigenvalue weighted by Gasteiger charge is -2.08. The molecule has 0 saturated heterocycles. The molecule has 21 heavy (non-hydrogen) atoms. The highest BCUT2D eigenvalue weighted by Crippen LogP contribution is 2.18. The van der Waals surface area contributed by atoms with Crippen molar-refractivity contribution in [3.63, 3.8) is 0 Å². The summed E-state index contributed by atoms with van der Waals surface area (Å²) in [6.45, 7) is 2.22. The number of nitrogens with one attached hydrogen (secondary N) is 2. The van der Waals surface area contributed by atoms with Crippen molar-refractivity contribution in [3.8, 4) is 0 Å². The van der Waals surface area contributed by atoms with E-state index in [1.165, 1.54) is 0 Å². The van der Waals surface area contributed by atoms with E-state index in [-0.39, 0.29) is 4.90 Å². The molecule has 114 valence electrons. The Balaban J connectivity index is 1.97. The third-order valence-corrected chi connectivity index (χ3v) is 4.57. The number of rotatable bonds is 8. The molecule has 0 bridgehead atoms. The summed E-state index contributed by atoms with van der Waals surface area (Å²) in [6, 6.07) is 12.8. The van der Waals surface area contributed by atoms with Gasteiger partial charge in [0.15, 0.2) is 0 Å². The van der Waals surface area contributed by atoms with Gasteiger partial charge in [-0.05, 0) is 22.9 Å². The summed E-state index contributed by atoms with van der Waals surface area (Å²) in [5.41, 5.74) is 0. The van der Waals surface area contributed by atoms with E-state index in [1.807, 2.05) is 30.3 Å². The van der Waals surface area contributed by atoms with Gasteiger partial charge in [0.25, 0.3) is 0 Å². The minimum Gasteiger partial charge on any atom is -0.383 e. The van der Waals surface area contributed by atoms with Crippen molar-refractivity contribution in [1.82, 2.24) is 10.0 Å². The number of benzene rings is 2. The van der Waals surface area contributed by atoms with E-state index in [1.54, 1.807) is 19.2 Å². The first-order valence-electron chi connectivity index (χ1n) is 6.81. The molecular formula is C15H20N2O3S. The molecule has 2 aromatic carbocycles. The van der Waals surface area contributed by atoms with E-state index >= 15 is 0 Å². The first-order valence-corrected chi connectivity index (χ1v) is 8.30. The highest BCUT2D eigenvalue weighted by molar-refractivity contribution is 7.89. The van der Waals surface area contributed by atoms with Gasteiger partial charge in [0, 0.05) is 26.7 Å². The first-order chi connectivity index (χ1) is 10.1. The summed E-state index contributed by atoms with van der Waals surface area (Å²) in [7, 11) is -1.84. The van der Waals surface area contributed by atoms with Crippen molar-refractivity contribution in [2.75, 3.05) is 33.4 Å². The van der Waals surface area contributed by atoms with Gasteiger partial charge in [-0.15, -0.1) is 0 Å². The number of methoxy groups -OCH3 is 1. The summed E-state index contributed by atoms with van der Waals surface area (Å²) < 4.78 is 31.9. The predicted molar refractivity (Wildman–Crippen MR) is 83.9 cm³/mol. The van der Waals surface area contributed by atoms with Gasteiger partial charge in [0.05, 0.1) is 11.5 Å². The molecule has 2 aromatic rings. The largest absolute Gasteiger partial charge is 0.383 e. The quantitative estimate of drug-likeness (QED) is 0.723. The van der Waals surface area contributed by atoms with Gasteiger partial charge in [-0.25, -0.2) is 13.1 Å². The van der Waals surface area contributed by atoms with E-state index in [2.05, 4.69) is 10.0 Å². The van der Waals surface area contributed by atoms with Gasteiger partial charge >= 0.3 is 0 Å². The van der Waals surface area contributed by atoms with E-state index < -0.39 is 10.0 Å². The van der Waals surface area contributed by atoms with Crippen LogP contribution in [0, 0.1) is 0 Å². The highest BCUT2D eigenvalue weighted by Gasteiger charge is 2.13. The molecule has 0 spiro atoms. The predicted octanol–water partition coefficient (Wildman–Crippen LogP) is 1.35. The number of sulfonamides is 1. The van der Waals surface area contributed by atoms with Crippen LogP contribution in [-0.2, 0) is 14.8 Å². The third-order valence-electron chi connectivity index (χ3n) is 3.11. The standard InChI is InChI=1S/C15H20N2O3S/c1-20-11-10-16-8-9-17-21(18,19)15-7-6-13-4-2-3-5-14(13)12-15/h2-7,12,16-17H,8-11H2,1H3. The normalized spacial score (nSPS) is 11.9. The minimum atomic E-state index is -3.47. The van der Waals surface area contributed by atoms with Gasteiger partial charge in [0.2, 0.25) is 10.0 Å². The van der Waals surface area contributed by atoms with Gasteiger partial charge in [-0.3, -0.25) is 0 Å². The summed E-state index contributed by atoms with van der Waals surface area (Å²) in [5.74, 6) is 0. The number of hydrogen-bond acceptors (Lipinski definition) is 4. The molecule has 0 aliphatic rings. The number of ether oxygens (including phenoxy) is 1. The average molecular weight is 308 g/mol. The monoisotopic (exact) mass is 308 g/mol. The zero-order valence-corrected chi connectivity index (χ0v) is 12.8. The summed E-state index contributed by atoms with van der Waals surface area (Å²) in [5, 5.41) is 5.03. The van der Waals surface area contributed by atoms with E-state index in [0.717, 1.165) is 10.8 Å². The van der Waals surface area contributed by atoms with Crippen molar-refractivity contribution >= 4 is 20.8 Å². The first kappa shape index (κ1) is 15.9. The topological polar surface area (TPSA) is 67.4 Å². The van der Waals surface area contributed by atoms with Crippen molar-refractivity contribution in [2.24, 2.45) is 0 Å². The Hall–Kier alpha value is -1.47. The molecule has 0 unspecified atom stereocenters. The van der Waals surface area contributed by atoms with Crippen LogP contribution in [0.1, 0.15) is 0 Å². The molecule has 6 heteroatoms. The van der Waals surface area contributed by atoms with Crippen molar-refractivity contribution < 1.29 is 13.2 Å². The smallest absolute Gasteiger partial charge is 0.240 e. The Morgan fingerprint density at radius 1 is 1.00 bits per heavy atom. The van der Waals surface area contributed by atoms with Crippen molar-refractivity contribution in [3.05, 3.63) is 42.5 Å². The molecule has 5 nitrogen and oxygen atoms in total. The van der Waals surface area contributed by atoms with Crippen LogP contribution >= 0.6 is 0 Å². The summed E-state index contributed by atoms with van der Waals surface area (Å²) in [4.78, 5) is 0.290. The van der Waals surface area contributed by atoms with Crippen LogP contribution in [0.4, 0.5) is 0 Å². The fourth-order valence-corrected chi connectivity index (χ4v) is 3.06. The maximum absolute atomic E-state index is 12.2. The maximum Gasteiger partial charge on any atom is 0.240 e. The fraction of sp³-hybridized carbons (Fsp3) is 0.333. The summed E-state index contributed by atoms with van der Waals surface area (Å²) in [6.07, 6.45) is 0. The van der Waals surface area contributed by atoms with Crippen molar-refractivity contribution in [1.29, 1.82) is 0 Å². The van der Waals surface area contributed by atoms with Gasteiger partial charge < -0.3 is 10.1 Å². The lowest BCUT2D eigenvalue weighted by Crippen LogP contribution is -2.33. The Morgan fingerprint density at radius 2 is 1.76 bits per heavy atom. The molecule has 0 aliphatic heterocycles. The molecule has 0 saturated carbocycles. The number of fused-ring (bicyclic) bond motifs is 1. The lowest BCUT2D eigenvalue weighted by molar-refractivity contribution is 0.199. The SMILES string of the molecule is COCCNCCNS(=O)(=O)c1ccc2ccccc2c1. The zero-order valence-electron chi connectivity index (χ0n) is 12.0. The molecule has 0 aromatic heterocycles. The second kappa shape index (κ2) is 7.51. The second-order valence-corrected chi connectivity index (χ2v) is 6.42. The maximum atomic E-state index is 12.2. The molecular weight excluding hydrogens is 288 g/mol. The van der Waals surface area contributed by atoms with Crippen LogP contribution in [0.3, 0.4) is 0 Å². The van der Waals surface area contributed by atoms with Gasteiger partial charge in [0.1, 0.15) is 0 Å². The third kappa shape index (κ3) is 4.50. The van der Waals surface area contributed by atoms with Gasteiger partial charge in [-0.2, -0.15) is 0 Å². The second-order valence-electron chi connectivity index (χ2n) is 4.65. The molecule has 0 heterocycles. The van der Waals surface area contributed by atoms with Crippen LogP contribution in [0.15, 0.2) is 47.4 Å². The van der Waals surface area contributed by atoms with Crippen LogP contribution in [0.5, 0.6) is 0 Å². The Bertz CT molecular complexity index is 686. The highest BCUT2D eigenvalue weighted by atomic mass is 32.2.